The predicted molar refractivity (Wildman–Crippen MR) is 131 cm³/mol. The van der Waals surface area contributed by atoms with E-state index in [0.717, 1.165) is 48.8 Å². The molecule has 1 aromatic heterocycles. The van der Waals surface area contributed by atoms with Crippen LogP contribution in [0.5, 0.6) is 0 Å². The quantitative estimate of drug-likeness (QED) is 0.475. The van der Waals surface area contributed by atoms with Crippen molar-refractivity contribution in [1.29, 1.82) is 0 Å². The molecule has 2 heterocycles. The van der Waals surface area contributed by atoms with Gasteiger partial charge in [-0.3, -0.25) is 9.48 Å². The fourth-order valence-corrected chi connectivity index (χ4v) is 4.02. The van der Waals surface area contributed by atoms with Crippen molar-refractivity contribution in [3.05, 3.63) is 102 Å². The van der Waals surface area contributed by atoms with Gasteiger partial charge in [0, 0.05) is 36.2 Å². The van der Waals surface area contributed by atoms with Gasteiger partial charge in [0.1, 0.15) is 5.69 Å². The smallest absolute Gasteiger partial charge is 0.259 e. The summed E-state index contributed by atoms with van der Waals surface area (Å²) in [5.74, 6) is -0.174. The number of hydrogen-bond donors (Lipinski definition) is 1. The third-order valence-corrected chi connectivity index (χ3v) is 5.74. The minimum absolute atomic E-state index is 0.174. The van der Waals surface area contributed by atoms with Crippen molar-refractivity contribution in [2.24, 2.45) is 0 Å². The van der Waals surface area contributed by atoms with Gasteiger partial charge in [-0.15, -0.1) is 0 Å². The van der Waals surface area contributed by atoms with Crippen molar-refractivity contribution >= 4 is 17.3 Å². The number of nitrogens with one attached hydrogen (secondary N) is 1. The van der Waals surface area contributed by atoms with Crippen LogP contribution in [0.3, 0.4) is 0 Å². The Kier molecular flexibility index (Phi) is 6.17. The van der Waals surface area contributed by atoms with Gasteiger partial charge in [0.2, 0.25) is 0 Å². The SMILES string of the molecule is O=C(Nc1ccc(N2CCOCC2)cc1)c1cn(Cc2ccccc2)nc1-c1ccccc1. The average molecular weight is 439 g/mol. The van der Waals surface area contributed by atoms with E-state index in [1.807, 2.05) is 83.7 Å². The van der Waals surface area contributed by atoms with Crippen LogP contribution in [0.4, 0.5) is 11.4 Å². The molecule has 0 aliphatic carbocycles. The van der Waals surface area contributed by atoms with E-state index in [4.69, 9.17) is 9.84 Å². The Morgan fingerprint density at radius 1 is 0.879 bits per heavy atom. The lowest BCUT2D eigenvalue weighted by Gasteiger charge is -2.28. The molecule has 0 bridgehead atoms. The van der Waals surface area contributed by atoms with Gasteiger partial charge in [0.15, 0.2) is 0 Å². The van der Waals surface area contributed by atoms with Gasteiger partial charge in [0.25, 0.3) is 5.91 Å². The zero-order chi connectivity index (χ0) is 22.5. The second kappa shape index (κ2) is 9.71. The van der Waals surface area contributed by atoms with Crippen LogP contribution in [0.1, 0.15) is 15.9 Å². The highest BCUT2D eigenvalue weighted by molar-refractivity contribution is 6.08. The molecule has 0 unspecified atom stereocenters. The maximum atomic E-state index is 13.3. The summed E-state index contributed by atoms with van der Waals surface area (Å²) in [4.78, 5) is 15.6. The number of carbonyl (C=O) groups excluding carboxylic acids is 1. The van der Waals surface area contributed by atoms with Gasteiger partial charge in [-0.1, -0.05) is 60.7 Å². The highest BCUT2D eigenvalue weighted by atomic mass is 16.5. The van der Waals surface area contributed by atoms with E-state index >= 15 is 0 Å². The largest absolute Gasteiger partial charge is 0.378 e. The Hall–Kier alpha value is -3.90. The Balaban J connectivity index is 1.38. The lowest BCUT2D eigenvalue weighted by Crippen LogP contribution is -2.36. The highest BCUT2D eigenvalue weighted by Crippen LogP contribution is 2.24. The van der Waals surface area contributed by atoms with Gasteiger partial charge >= 0.3 is 0 Å². The molecule has 6 heteroatoms. The number of carbonyl (C=O) groups is 1. The van der Waals surface area contributed by atoms with Crippen molar-refractivity contribution in [3.8, 4) is 11.3 Å². The van der Waals surface area contributed by atoms with Gasteiger partial charge in [0.05, 0.1) is 25.3 Å². The summed E-state index contributed by atoms with van der Waals surface area (Å²) < 4.78 is 7.25. The van der Waals surface area contributed by atoms with Gasteiger partial charge in [-0.25, -0.2) is 0 Å². The minimum Gasteiger partial charge on any atom is -0.378 e. The number of ether oxygens (including phenoxy) is 1. The first-order valence-corrected chi connectivity index (χ1v) is 11.2. The van der Waals surface area contributed by atoms with E-state index < -0.39 is 0 Å². The number of benzene rings is 3. The molecule has 166 valence electrons. The minimum atomic E-state index is -0.174. The van der Waals surface area contributed by atoms with Crippen LogP contribution in [0.15, 0.2) is 91.1 Å². The second-order valence-electron chi connectivity index (χ2n) is 8.04. The van der Waals surface area contributed by atoms with Crippen molar-refractivity contribution in [2.75, 3.05) is 36.5 Å². The molecule has 0 spiro atoms. The third kappa shape index (κ3) is 4.96. The summed E-state index contributed by atoms with van der Waals surface area (Å²) in [5.41, 5.74) is 5.16. The molecule has 4 aromatic rings. The van der Waals surface area contributed by atoms with Gasteiger partial charge in [-0.2, -0.15) is 5.10 Å². The van der Waals surface area contributed by atoms with E-state index in [0.29, 0.717) is 17.8 Å². The molecule has 5 rings (SSSR count). The Bertz CT molecular complexity index is 1200. The first kappa shape index (κ1) is 21.0. The summed E-state index contributed by atoms with van der Waals surface area (Å²) >= 11 is 0. The lowest BCUT2D eigenvalue weighted by molar-refractivity contribution is 0.102. The molecule has 1 fully saturated rings. The average Bonchev–Trinajstić information content (AvgIpc) is 3.30. The molecule has 33 heavy (non-hydrogen) atoms. The first-order valence-electron chi connectivity index (χ1n) is 11.2. The van der Waals surface area contributed by atoms with Crippen LogP contribution >= 0.6 is 0 Å². The van der Waals surface area contributed by atoms with E-state index in [-0.39, 0.29) is 5.91 Å². The van der Waals surface area contributed by atoms with Crippen molar-refractivity contribution in [3.63, 3.8) is 0 Å². The van der Waals surface area contributed by atoms with Crippen LogP contribution in [0.25, 0.3) is 11.3 Å². The molecular formula is C27H26N4O2. The standard InChI is InChI=1S/C27H26N4O2/c32-27(28-23-11-13-24(14-12-23)30-15-17-33-18-16-30)25-20-31(19-21-7-3-1-4-8-21)29-26(25)22-9-5-2-6-10-22/h1-14,20H,15-19H2,(H,28,32). The number of nitrogens with zero attached hydrogens (tertiary/aromatic N) is 3. The summed E-state index contributed by atoms with van der Waals surface area (Å²) in [6.07, 6.45) is 1.83. The monoisotopic (exact) mass is 438 g/mol. The Morgan fingerprint density at radius 3 is 2.24 bits per heavy atom. The topological polar surface area (TPSA) is 59.4 Å². The fourth-order valence-electron chi connectivity index (χ4n) is 4.02. The van der Waals surface area contributed by atoms with E-state index in [9.17, 15) is 4.79 Å². The number of morpholine rings is 1. The van der Waals surface area contributed by atoms with Gasteiger partial charge < -0.3 is 15.0 Å². The number of anilines is 2. The molecule has 1 saturated heterocycles. The normalized spacial score (nSPS) is 13.6. The predicted octanol–water partition coefficient (Wildman–Crippen LogP) is 4.69. The van der Waals surface area contributed by atoms with Crippen LogP contribution in [-0.4, -0.2) is 42.0 Å². The van der Waals surface area contributed by atoms with Crippen molar-refractivity contribution < 1.29 is 9.53 Å². The molecule has 0 saturated carbocycles. The zero-order valence-corrected chi connectivity index (χ0v) is 18.4. The van der Waals surface area contributed by atoms with E-state index in [1.54, 1.807) is 0 Å². The zero-order valence-electron chi connectivity index (χ0n) is 18.4. The van der Waals surface area contributed by atoms with Crippen molar-refractivity contribution in [2.45, 2.75) is 6.54 Å². The molecule has 3 aromatic carbocycles. The Morgan fingerprint density at radius 2 is 1.55 bits per heavy atom. The maximum Gasteiger partial charge on any atom is 0.259 e. The molecule has 0 radical (unpaired) electrons. The Labute approximate surface area is 193 Å². The molecule has 1 aliphatic heterocycles. The van der Waals surface area contributed by atoms with Crippen molar-refractivity contribution in [1.82, 2.24) is 9.78 Å². The van der Waals surface area contributed by atoms with Crippen LogP contribution < -0.4 is 10.2 Å². The summed E-state index contributed by atoms with van der Waals surface area (Å²) in [6.45, 7) is 3.85. The summed E-state index contributed by atoms with van der Waals surface area (Å²) in [6, 6.07) is 27.9. The molecule has 6 nitrogen and oxygen atoms in total. The van der Waals surface area contributed by atoms with Gasteiger partial charge in [-0.05, 0) is 29.8 Å². The number of amides is 1. The maximum absolute atomic E-state index is 13.3. The number of hydrogen-bond acceptors (Lipinski definition) is 4. The third-order valence-electron chi connectivity index (χ3n) is 5.74. The summed E-state index contributed by atoms with van der Waals surface area (Å²) in [7, 11) is 0. The highest BCUT2D eigenvalue weighted by Gasteiger charge is 2.19. The molecule has 0 atom stereocenters. The van der Waals surface area contributed by atoms with Crippen LogP contribution in [0, 0.1) is 0 Å². The molecule has 1 N–H and O–H groups in total. The molecule has 1 amide bonds. The van der Waals surface area contributed by atoms with Crippen LogP contribution in [-0.2, 0) is 11.3 Å². The van der Waals surface area contributed by atoms with Crippen LogP contribution in [0.2, 0.25) is 0 Å². The van der Waals surface area contributed by atoms with E-state index in [1.165, 1.54) is 0 Å². The second-order valence-corrected chi connectivity index (χ2v) is 8.04. The molecular weight excluding hydrogens is 412 g/mol. The number of rotatable bonds is 6. The van der Waals surface area contributed by atoms with E-state index in [2.05, 4.69) is 22.3 Å². The first-order chi connectivity index (χ1) is 16.3. The lowest BCUT2D eigenvalue weighted by atomic mass is 10.1. The summed E-state index contributed by atoms with van der Waals surface area (Å²) in [5, 5.41) is 7.79. The molecule has 1 aliphatic rings. The fraction of sp³-hybridized carbons (Fsp3) is 0.185. The number of aromatic nitrogens is 2.